The van der Waals surface area contributed by atoms with E-state index in [0.29, 0.717) is 10.7 Å². The number of hydrogen-bond acceptors (Lipinski definition) is 2. The number of furan rings is 1. The quantitative estimate of drug-likeness (QED) is 0.450. The molecule has 3 heteroatoms. The number of aromatic nitrogens is 1. The molecule has 0 aliphatic heterocycles. The van der Waals surface area contributed by atoms with Gasteiger partial charge < -0.3 is 4.42 Å². The molecule has 4 aromatic rings. The molecular weight excluding hydrogens is 246 g/mol. The van der Waals surface area contributed by atoms with Gasteiger partial charge in [0.25, 0.3) is 0 Å². The molecule has 4 rings (SSSR count). The second kappa shape index (κ2) is 3.47. The zero-order valence-electron chi connectivity index (χ0n) is 9.35. The third kappa shape index (κ3) is 1.27. The van der Waals surface area contributed by atoms with Crippen molar-refractivity contribution >= 4 is 44.6 Å². The Morgan fingerprint density at radius 2 is 1.89 bits per heavy atom. The van der Waals surface area contributed by atoms with Gasteiger partial charge in [-0.05, 0) is 24.3 Å². The molecule has 0 aliphatic rings. The van der Waals surface area contributed by atoms with E-state index >= 15 is 0 Å². The van der Waals surface area contributed by atoms with Crippen molar-refractivity contribution in [3.05, 3.63) is 53.6 Å². The minimum Gasteiger partial charge on any atom is -0.438 e. The molecule has 0 amide bonds. The predicted octanol–water partition coefficient (Wildman–Crippen LogP) is 4.79. The molecule has 2 heterocycles. The van der Waals surface area contributed by atoms with Gasteiger partial charge in [-0.1, -0.05) is 35.9 Å². The van der Waals surface area contributed by atoms with Crippen molar-refractivity contribution in [3.8, 4) is 0 Å². The van der Waals surface area contributed by atoms with E-state index in [0.717, 1.165) is 27.3 Å². The zero-order chi connectivity index (χ0) is 12.1. The van der Waals surface area contributed by atoms with E-state index in [-0.39, 0.29) is 0 Å². The summed E-state index contributed by atoms with van der Waals surface area (Å²) in [5.74, 6) is 0. The first kappa shape index (κ1) is 9.92. The molecule has 0 aliphatic carbocycles. The van der Waals surface area contributed by atoms with E-state index in [1.165, 1.54) is 0 Å². The molecule has 0 radical (unpaired) electrons. The summed E-state index contributed by atoms with van der Waals surface area (Å²) in [5, 5.41) is 3.69. The molecule has 0 saturated heterocycles. The highest BCUT2D eigenvalue weighted by Gasteiger charge is 2.11. The summed E-state index contributed by atoms with van der Waals surface area (Å²) < 4.78 is 5.75. The first-order valence-electron chi connectivity index (χ1n) is 5.69. The van der Waals surface area contributed by atoms with E-state index in [2.05, 4.69) is 11.1 Å². The van der Waals surface area contributed by atoms with Crippen molar-refractivity contribution in [1.29, 1.82) is 0 Å². The van der Waals surface area contributed by atoms with Crippen LogP contribution >= 0.6 is 11.6 Å². The van der Waals surface area contributed by atoms with Gasteiger partial charge >= 0.3 is 0 Å². The molecule has 2 aromatic carbocycles. The Bertz CT molecular complexity index is 895. The first-order chi connectivity index (χ1) is 8.83. The average molecular weight is 254 g/mol. The van der Waals surface area contributed by atoms with Gasteiger partial charge in [-0.2, -0.15) is 0 Å². The lowest BCUT2D eigenvalue weighted by molar-refractivity contribution is 0.656. The summed E-state index contributed by atoms with van der Waals surface area (Å²) in [7, 11) is 0. The van der Waals surface area contributed by atoms with Crippen LogP contribution in [-0.2, 0) is 0 Å². The molecule has 86 valence electrons. The first-order valence-corrected chi connectivity index (χ1v) is 6.07. The molecule has 0 spiro atoms. The standard InChI is InChI=1S/C15H8ClNO/c16-11-5-3-7-13-14(11)10-8-9-4-1-2-6-12(9)17-15(10)18-13/h1-8H. The summed E-state index contributed by atoms with van der Waals surface area (Å²) in [4.78, 5) is 4.53. The summed E-state index contributed by atoms with van der Waals surface area (Å²) in [6, 6.07) is 15.7. The maximum Gasteiger partial charge on any atom is 0.227 e. The molecule has 0 unspecified atom stereocenters. The van der Waals surface area contributed by atoms with Gasteiger partial charge in [0.05, 0.1) is 15.9 Å². The SMILES string of the molecule is Clc1cccc2oc3nc4ccccc4cc3c12. The van der Waals surface area contributed by atoms with Crippen LogP contribution in [0.3, 0.4) is 0 Å². The Balaban J connectivity index is 2.29. The van der Waals surface area contributed by atoms with Crippen LogP contribution in [0.2, 0.25) is 5.02 Å². The second-order valence-corrected chi connectivity index (χ2v) is 4.66. The number of pyridine rings is 1. The van der Waals surface area contributed by atoms with Gasteiger partial charge in [-0.3, -0.25) is 0 Å². The Kier molecular flexibility index (Phi) is 1.91. The third-order valence-corrected chi connectivity index (χ3v) is 3.46. The van der Waals surface area contributed by atoms with Crippen LogP contribution in [0.15, 0.2) is 52.9 Å². The van der Waals surface area contributed by atoms with Crippen LogP contribution in [0, 0.1) is 0 Å². The van der Waals surface area contributed by atoms with Crippen LogP contribution in [-0.4, -0.2) is 4.98 Å². The second-order valence-electron chi connectivity index (χ2n) is 4.25. The third-order valence-electron chi connectivity index (χ3n) is 3.14. The molecule has 2 nitrogen and oxygen atoms in total. The highest BCUT2D eigenvalue weighted by atomic mass is 35.5. The lowest BCUT2D eigenvalue weighted by atomic mass is 10.1. The average Bonchev–Trinajstić information content (AvgIpc) is 2.74. The Morgan fingerprint density at radius 1 is 1.00 bits per heavy atom. The fraction of sp³-hybridized carbons (Fsp3) is 0. The number of hydrogen-bond donors (Lipinski definition) is 0. The van der Waals surface area contributed by atoms with E-state index in [9.17, 15) is 0 Å². The van der Waals surface area contributed by atoms with Gasteiger partial charge in [-0.15, -0.1) is 0 Å². The van der Waals surface area contributed by atoms with Crippen LogP contribution in [0.25, 0.3) is 33.0 Å². The molecule has 0 atom stereocenters. The Labute approximate surface area is 108 Å². The highest BCUT2D eigenvalue weighted by Crippen LogP contribution is 2.34. The predicted molar refractivity (Wildman–Crippen MR) is 74.0 cm³/mol. The van der Waals surface area contributed by atoms with Gasteiger partial charge in [-0.25, -0.2) is 4.98 Å². The number of benzene rings is 2. The summed E-state index contributed by atoms with van der Waals surface area (Å²) in [6.45, 7) is 0. The number of halogens is 1. The maximum atomic E-state index is 6.24. The maximum absolute atomic E-state index is 6.24. The number of nitrogens with zero attached hydrogens (tertiary/aromatic N) is 1. The minimum atomic E-state index is 0.636. The largest absolute Gasteiger partial charge is 0.438 e. The van der Waals surface area contributed by atoms with Crippen molar-refractivity contribution in [2.45, 2.75) is 0 Å². The lowest BCUT2D eigenvalue weighted by Crippen LogP contribution is -1.78. The summed E-state index contributed by atoms with van der Waals surface area (Å²) >= 11 is 6.24. The lowest BCUT2D eigenvalue weighted by Gasteiger charge is -1.96. The van der Waals surface area contributed by atoms with Crippen molar-refractivity contribution < 1.29 is 4.42 Å². The van der Waals surface area contributed by atoms with Gasteiger partial charge in [0.1, 0.15) is 5.58 Å². The highest BCUT2D eigenvalue weighted by molar-refractivity contribution is 6.37. The molecule has 0 bridgehead atoms. The zero-order valence-corrected chi connectivity index (χ0v) is 10.1. The molecule has 0 fully saturated rings. The molecular formula is C15H8ClNO. The molecule has 2 aromatic heterocycles. The van der Waals surface area contributed by atoms with Gasteiger partial charge in [0.15, 0.2) is 0 Å². The summed E-state index contributed by atoms with van der Waals surface area (Å²) in [6.07, 6.45) is 0. The molecule has 18 heavy (non-hydrogen) atoms. The molecule has 0 N–H and O–H groups in total. The topological polar surface area (TPSA) is 26.0 Å². The number of fused-ring (bicyclic) bond motifs is 4. The van der Waals surface area contributed by atoms with Crippen LogP contribution in [0.5, 0.6) is 0 Å². The smallest absolute Gasteiger partial charge is 0.227 e. The fourth-order valence-electron chi connectivity index (χ4n) is 2.31. The van der Waals surface area contributed by atoms with E-state index in [1.54, 1.807) is 0 Å². The Morgan fingerprint density at radius 3 is 2.83 bits per heavy atom. The number of rotatable bonds is 0. The van der Waals surface area contributed by atoms with Crippen molar-refractivity contribution in [1.82, 2.24) is 4.98 Å². The minimum absolute atomic E-state index is 0.636. The van der Waals surface area contributed by atoms with Crippen molar-refractivity contribution in [2.75, 3.05) is 0 Å². The van der Waals surface area contributed by atoms with E-state index in [4.69, 9.17) is 16.0 Å². The summed E-state index contributed by atoms with van der Waals surface area (Å²) in [5.41, 5.74) is 2.34. The Hall–Kier alpha value is -2.06. The van der Waals surface area contributed by atoms with Gasteiger partial charge in [0.2, 0.25) is 5.71 Å². The van der Waals surface area contributed by atoms with Crippen molar-refractivity contribution in [2.24, 2.45) is 0 Å². The normalized spacial score (nSPS) is 11.6. The van der Waals surface area contributed by atoms with E-state index in [1.807, 2.05) is 42.5 Å². The number of para-hydroxylation sites is 1. The van der Waals surface area contributed by atoms with E-state index < -0.39 is 0 Å². The molecule has 0 saturated carbocycles. The fourth-order valence-corrected chi connectivity index (χ4v) is 2.58. The van der Waals surface area contributed by atoms with Crippen LogP contribution in [0.4, 0.5) is 0 Å². The van der Waals surface area contributed by atoms with Crippen LogP contribution < -0.4 is 0 Å². The van der Waals surface area contributed by atoms with Crippen molar-refractivity contribution in [3.63, 3.8) is 0 Å². The van der Waals surface area contributed by atoms with Gasteiger partial charge in [0, 0.05) is 10.8 Å². The monoisotopic (exact) mass is 253 g/mol. The van der Waals surface area contributed by atoms with Crippen LogP contribution in [0.1, 0.15) is 0 Å².